The van der Waals surface area contributed by atoms with E-state index in [0.29, 0.717) is 25.3 Å². The van der Waals surface area contributed by atoms with Crippen LogP contribution in [0.3, 0.4) is 0 Å². The minimum atomic E-state index is -0.00173. The van der Waals surface area contributed by atoms with E-state index in [-0.39, 0.29) is 5.91 Å². The molecule has 5 heteroatoms. The van der Waals surface area contributed by atoms with Crippen molar-refractivity contribution >= 4 is 22.5 Å². The minimum absolute atomic E-state index is 0.00173. The minimum Gasteiger partial charge on any atom is -0.464 e. The molecule has 4 aromatic rings. The van der Waals surface area contributed by atoms with Crippen LogP contribution in [0, 0.1) is 6.92 Å². The largest absolute Gasteiger partial charge is 0.464 e. The number of rotatable bonds is 6. The van der Waals surface area contributed by atoms with Crippen molar-refractivity contribution in [2.24, 2.45) is 0 Å². The molecular formula is C23H25N3O2. The highest BCUT2D eigenvalue weighted by Crippen LogP contribution is 2.29. The Balaban J connectivity index is 1.40. The molecule has 1 N–H and O–H groups in total. The van der Waals surface area contributed by atoms with E-state index < -0.39 is 0 Å². The molecular weight excluding hydrogens is 350 g/mol. The van der Waals surface area contributed by atoms with E-state index in [2.05, 4.69) is 43.2 Å². The first kappa shape index (κ1) is 18.3. The fraction of sp³-hybridized carbons (Fsp3) is 0.304. The SMILES string of the molecule is Cc1cc2occ(CC(=O)NCCc3cn4ccccc4n3)c2cc1C(C)C. The Kier molecular flexibility index (Phi) is 4.90. The van der Waals surface area contributed by atoms with Gasteiger partial charge in [-0.15, -0.1) is 0 Å². The van der Waals surface area contributed by atoms with E-state index >= 15 is 0 Å². The van der Waals surface area contributed by atoms with Crippen molar-refractivity contribution in [1.29, 1.82) is 0 Å². The van der Waals surface area contributed by atoms with E-state index in [1.54, 1.807) is 6.26 Å². The van der Waals surface area contributed by atoms with Crippen LogP contribution in [0.25, 0.3) is 16.6 Å². The van der Waals surface area contributed by atoms with Gasteiger partial charge in [-0.2, -0.15) is 0 Å². The van der Waals surface area contributed by atoms with Gasteiger partial charge in [-0.3, -0.25) is 4.79 Å². The zero-order chi connectivity index (χ0) is 19.7. The predicted molar refractivity (Wildman–Crippen MR) is 111 cm³/mol. The number of pyridine rings is 1. The molecule has 0 saturated heterocycles. The topological polar surface area (TPSA) is 59.5 Å². The van der Waals surface area contributed by atoms with Crippen LogP contribution in [0.2, 0.25) is 0 Å². The maximum Gasteiger partial charge on any atom is 0.224 e. The highest BCUT2D eigenvalue weighted by Gasteiger charge is 2.14. The first-order valence-electron chi connectivity index (χ1n) is 9.71. The quantitative estimate of drug-likeness (QED) is 0.543. The Labute approximate surface area is 164 Å². The Bertz CT molecular complexity index is 1100. The van der Waals surface area contributed by atoms with Gasteiger partial charge in [0.1, 0.15) is 11.2 Å². The van der Waals surface area contributed by atoms with Gasteiger partial charge >= 0.3 is 0 Å². The van der Waals surface area contributed by atoms with Crippen molar-refractivity contribution in [3.8, 4) is 0 Å². The van der Waals surface area contributed by atoms with Crippen molar-refractivity contribution in [2.45, 2.75) is 39.5 Å². The van der Waals surface area contributed by atoms with Gasteiger partial charge in [-0.05, 0) is 48.2 Å². The molecule has 1 amide bonds. The zero-order valence-corrected chi connectivity index (χ0v) is 16.5. The summed E-state index contributed by atoms with van der Waals surface area (Å²) in [5, 5.41) is 4.03. The van der Waals surface area contributed by atoms with Crippen LogP contribution in [0.5, 0.6) is 0 Å². The number of hydrogen-bond donors (Lipinski definition) is 1. The highest BCUT2D eigenvalue weighted by atomic mass is 16.3. The van der Waals surface area contributed by atoms with Gasteiger partial charge in [0.25, 0.3) is 0 Å². The number of hydrogen-bond acceptors (Lipinski definition) is 3. The van der Waals surface area contributed by atoms with Gasteiger partial charge < -0.3 is 14.1 Å². The van der Waals surface area contributed by atoms with E-state index in [9.17, 15) is 4.79 Å². The van der Waals surface area contributed by atoms with Crippen LogP contribution in [0.4, 0.5) is 0 Å². The van der Waals surface area contributed by atoms with Crippen molar-refractivity contribution in [3.63, 3.8) is 0 Å². The Hall–Kier alpha value is -3.08. The summed E-state index contributed by atoms with van der Waals surface area (Å²) >= 11 is 0. The molecule has 5 nitrogen and oxygen atoms in total. The van der Waals surface area contributed by atoms with E-state index in [1.165, 1.54) is 11.1 Å². The van der Waals surface area contributed by atoms with Crippen molar-refractivity contribution < 1.29 is 9.21 Å². The van der Waals surface area contributed by atoms with Crippen LogP contribution in [0.15, 0.2) is 53.4 Å². The fourth-order valence-corrected chi connectivity index (χ4v) is 3.68. The number of nitrogens with zero attached hydrogens (tertiary/aromatic N) is 2. The summed E-state index contributed by atoms with van der Waals surface area (Å²) in [5.74, 6) is 0.435. The fourth-order valence-electron chi connectivity index (χ4n) is 3.68. The van der Waals surface area contributed by atoms with E-state index in [4.69, 9.17) is 4.42 Å². The molecule has 144 valence electrons. The molecule has 3 heterocycles. The molecule has 0 fully saturated rings. The third-order valence-electron chi connectivity index (χ3n) is 5.13. The molecule has 0 radical (unpaired) electrons. The summed E-state index contributed by atoms with van der Waals surface area (Å²) < 4.78 is 7.67. The second-order valence-electron chi connectivity index (χ2n) is 7.60. The molecule has 0 aliphatic carbocycles. The van der Waals surface area contributed by atoms with E-state index in [0.717, 1.165) is 27.9 Å². The van der Waals surface area contributed by atoms with Gasteiger partial charge in [0.15, 0.2) is 0 Å². The van der Waals surface area contributed by atoms with Crippen LogP contribution in [-0.4, -0.2) is 21.8 Å². The molecule has 0 spiro atoms. The van der Waals surface area contributed by atoms with Crippen LogP contribution >= 0.6 is 0 Å². The number of furan rings is 1. The summed E-state index contributed by atoms with van der Waals surface area (Å²) in [6.45, 7) is 7.03. The summed E-state index contributed by atoms with van der Waals surface area (Å²) in [5.41, 5.74) is 6.18. The summed E-state index contributed by atoms with van der Waals surface area (Å²) in [7, 11) is 0. The lowest BCUT2D eigenvalue weighted by Gasteiger charge is -2.10. The molecule has 3 aromatic heterocycles. The average Bonchev–Trinajstić information content (AvgIpc) is 3.24. The number of nitrogens with one attached hydrogen (secondary N) is 1. The van der Waals surface area contributed by atoms with Crippen LogP contribution in [-0.2, 0) is 17.6 Å². The third-order valence-corrected chi connectivity index (χ3v) is 5.13. The molecule has 0 saturated carbocycles. The number of aromatic nitrogens is 2. The highest BCUT2D eigenvalue weighted by molar-refractivity contribution is 5.88. The Morgan fingerprint density at radius 1 is 1.29 bits per heavy atom. The van der Waals surface area contributed by atoms with Crippen molar-refractivity contribution in [3.05, 3.63) is 71.4 Å². The number of carbonyl (C=O) groups excluding carboxylic acids is 1. The molecule has 0 aliphatic rings. The Morgan fingerprint density at radius 2 is 2.14 bits per heavy atom. The van der Waals surface area contributed by atoms with Gasteiger partial charge in [0.05, 0.1) is 18.4 Å². The molecule has 28 heavy (non-hydrogen) atoms. The average molecular weight is 375 g/mol. The summed E-state index contributed by atoms with van der Waals surface area (Å²) in [6, 6.07) is 10.1. The van der Waals surface area contributed by atoms with Gasteiger partial charge in [-0.1, -0.05) is 19.9 Å². The number of benzene rings is 1. The number of aryl methyl sites for hydroxylation is 1. The van der Waals surface area contributed by atoms with Gasteiger partial charge in [-0.25, -0.2) is 4.98 Å². The maximum absolute atomic E-state index is 12.4. The normalized spacial score (nSPS) is 11.6. The lowest BCUT2D eigenvalue weighted by Crippen LogP contribution is -2.27. The third kappa shape index (κ3) is 3.65. The van der Waals surface area contributed by atoms with Crippen LogP contribution < -0.4 is 5.32 Å². The Morgan fingerprint density at radius 3 is 2.93 bits per heavy atom. The maximum atomic E-state index is 12.4. The van der Waals surface area contributed by atoms with Crippen molar-refractivity contribution in [2.75, 3.05) is 6.54 Å². The number of carbonyl (C=O) groups is 1. The lowest BCUT2D eigenvalue weighted by molar-refractivity contribution is -0.120. The molecule has 0 bridgehead atoms. The first-order valence-corrected chi connectivity index (χ1v) is 9.71. The summed E-state index contributed by atoms with van der Waals surface area (Å²) in [4.78, 5) is 17.0. The van der Waals surface area contributed by atoms with Gasteiger partial charge in [0, 0.05) is 36.3 Å². The first-order chi connectivity index (χ1) is 13.5. The van der Waals surface area contributed by atoms with E-state index in [1.807, 2.05) is 35.0 Å². The second-order valence-corrected chi connectivity index (χ2v) is 7.60. The molecule has 0 aliphatic heterocycles. The molecule has 4 rings (SSSR count). The predicted octanol–water partition coefficient (Wildman–Crippen LogP) is 4.41. The molecule has 0 unspecified atom stereocenters. The lowest BCUT2D eigenvalue weighted by atomic mass is 9.95. The molecule has 0 atom stereocenters. The molecule has 1 aromatic carbocycles. The monoisotopic (exact) mass is 375 g/mol. The number of imidazole rings is 1. The summed E-state index contributed by atoms with van der Waals surface area (Å²) in [6.07, 6.45) is 6.70. The zero-order valence-electron chi connectivity index (χ0n) is 16.5. The number of amides is 1. The second kappa shape index (κ2) is 7.50. The number of fused-ring (bicyclic) bond motifs is 2. The standard InChI is InChI=1S/C23H25N3O2/c1-15(2)19-12-20-17(14-28-21(20)10-16(19)3)11-23(27)24-8-7-18-13-26-9-5-4-6-22(26)25-18/h4-6,9-10,12-15H,7-8,11H2,1-3H3,(H,24,27). The van der Waals surface area contributed by atoms with Gasteiger partial charge in [0.2, 0.25) is 5.91 Å². The van der Waals surface area contributed by atoms with Crippen LogP contribution in [0.1, 0.15) is 42.1 Å². The smallest absolute Gasteiger partial charge is 0.224 e. The van der Waals surface area contributed by atoms with Crippen molar-refractivity contribution in [1.82, 2.24) is 14.7 Å².